The molecule has 2 aromatic heterocycles. The van der Waals surface area contributed by atoms with Gasteiger partial charge in [-0.1, -0.05) is 55.8 Å². The predicted molar refractivity (Wildman–Crippen MR) is 123 cm³/mol. The second-order valence-corrected chi connectivity index (χ2v) is 7.72. The molecule has 0 radical (unpaired) electrons. The van der Waals surface area contributed by atoms with Crippen LogP contribution in [0.3, 0.4) is 0 Å². The molecule has 0 fully saturated rings. The number of benzene rings is 2. The molecule has 2 heterocycles. The molecule has 158 valence electrons. The maximum absolute atomic E-state index is 12.8. The van der Waals surface area contributed by atoms with Gasteiger partial charge in [0.2, 0.25) is 5.91 Å². The summed E-state index contributed by atoms with van der Waals surface area (Å²) in [6.45, 7) is 4.09. The van der Waals surface area contributed by atoms with Crippen LogP contribution in [0, 0.1) is 6.92 Å². The zero-order chi connectivity index (χ0) is 21.8. The second kappa shape index (κ2) is 9.00. The SMILES string of the molecule is CCCCc1ccc(NC(=O)Cn2c(C)cc(=O)n3nc(-c4ccccc4)cc23)cc1. The Morgan fingerprint density at radius 2 is 1.77 bits per heavy atom. The van der Waals surface area contributed by atoms with E-state index in [1.807, 2.05) is 60.0 Å². The van der Waals surface area contributed by atoms with Gasteiger partial charge in [-0.15, -0.1) is 0 Å². The van der Waals surface area contributed by atoms with Gasteiger partial charge in [0.15, 0.2) is 0 Å². The van der Waals surface area contributed by atoms with Crippen LogP contribution in [-0.4, -0.2) is 20.1 Å². The number of aryl methyl sites for hydroxylation is 2. The van der Waals surface area contributed by atoms with Crippen molar-refractivity contribution in [3.05, 3.63) is 88.3 Å². The Hall–Kier alpha value is -3.67. The van der Waals surface area contributed by atoms with E-state index >= 15 is 0 Å². The fourth-order valence-electron chi connectivity index (χ4n) is 3.66. The Morgan fingerprint density at radius 3 is 2.48 bits per heavy atom. The van der Waals surface area contributed by atoms with Gasteiger partial charge in [-0.05, 0) is 37.5 Å². The summed E-state index contributed by atoms with van der Waals surface area (Å²) in [5.41, 5.74) is 4.73. The van der Waals surface area contributed by atoms with Crippen LogP contribution in [0.4, 0.5) is 5.69 Å². The van der Waals surface area contributed by atoms with Crippen molar-refractivity contribution < 1.29 is 4.79 Å². The summed E-state index contributed by atoms with van der Waals surface area (Å²) in [6, 6.07) is 21.0. The zero-order valence-electron chi connectivity index (χ0n) is 17.8. The molecular formula is C25H26N4O2. The zero-order valence-corrected chi connectivity index (χ0v) is 17.8. The van der Waals surface area contributed by atoms with Crippen molar-refractivity contribution in [2.45, 2.75) is 39.7 Å². The highest BCUT2D eigenvalue weighted by Crippen LogP contribution is 2.19. The lowest BCUT2D eigenvalue weighted by Crippen LogP contribution is -2.25. The Bertz CT molecular complexity index is 1250. The molecule has 0 bridgehead atoms. The summed E-state index contributed by atoms with van der Waals surface area (Å²) < 4.78 is 3.16. The second-order valence-electron chi connectivity index (χ2n) is 7.72. The van der Waals surface area contributed by atoms with Crippen molar-refractivity contribution in [2.24, 2.45) is 0 Å². The Kier molecular flexibility index (Phi) is 5.98. The van der Waals surface area contributed by atoms with Crippen molar-refractivity contribution >= 4 is 17.2 Å². The third kappa shape index (κ3) is 4.58. The van der Waals surface area contributed by atoms with Gasteiger partial charge in [0.05, 0.1) is 5.69 Å². The van der Waals surface area contributed by atoms with Crippen LogP contribution in [0.5, 0.6) is 0 Å². The molecule has 2 aromatic carbocycles. The van der Waals surface area contributed by atoms with Gasteiger partial charge >= 0.3 is 0 Å². The van der Waals surface area contributed by atoms with E-state index in [9.17, 15) is 9.59 Å². The monoisotopic (exact) mass is 414 g/mol. The summed E-state index contributed by atoms with van der Waals surface area (Å²) >= 11 is 0. The standard InChI is InChI=1S/C25H26N4O2/c1-3-4-8-19-11-13-21(14-12-19)26-23(30)17-28-18(2)15-25(31)29-24(28)16-22(27-29)20-9-6-5-7-10-20/h5-7,9-16H,3-4,8,17H2,1-2H3,(H,26,30). The van der Waals surface area contributed by atoms with E-state index in [0.717, 1.165) is 30.5 Å². The summed E-state index contributed by atoms with van der Waals surface area (Å²) in [7, 11) is 0. The highest BCUT2D eigenvalue weighted by molar-refractivity contribution is 5.91. The third-order valence-electron chi connectivity index (χ3n) is 5.36. The third-order valence-corrected chi connectivity index (χ3v) is 5.36. The van der Waals surface area contributed by atoms with Crippen LogP contribution in [0.15, 0.2) is 71.5 Å². The predicted octanol–water partition coefficient (Wildman–Crippen LogP) is 4.45. The summed E-state index contributed by atoms with van der Waals surface area (Å²) in [5.74, 6) is -0.155. The van der Waals surface area contributed by atoms with Gasteiger partial charge in [0.25, 0.3) is 5.56 Å². The van der Waals surface area contributed by atoms with E-state index in [1.54, 1.807) is 0 Å². The molecule has 4 rings (SSSR count). The minimum absolute atomic E-state index is 0.0904. The molecule has 0 aliphatic heterocycles. The molecule has 0 spiro atoms. The van der Waals surface area contributed by atoms with Crippen LogP contribution in [0.2, 0.25) is 0 Å². The number of fused-ring (bicyclic) bond motifs is 1. The number of amides is 1. The van der Waals surface area contributed by atoms with Crippen molar-refractivity contribution in [1.29, 1.82) is 0 Å². The normalized spacial score (nSPS) is 11.0. The van der Waals surface area contributed by atoms with Gasteiger partial charge in [0.1, 0.15) is 12.2 Å². The van der Waals surface area contributed by atoms with Crippen molar-refractivity contribution in [1.82, 2.24) is 14.2 Å². The van der Waals surface area contributed by atoms with Crippen molar-refractivity contribution in [3.63, 3.8) is 0 Å². The topological polar surface area (TPSA) is 68.4 Å². The van der Waals surface area contributed by atoms with Gasteiger partial charge in [-0.2, -0.15) is 9.61 Å². The number of nitrogens with zero attached hydrogens (tertiary/aromatic N) is 3. The highest BCUT2D eigenvalue weighted by Gasteiger charge is 2.14. The number of hydrogen-bond donors (Lipinski definition) is 1. The summed E-state index contributed by atoms with van der Waals surface area (Å²) in [5, 5.41) is 7.41. The average Bonchev–Trinajstić information content (AvgIpc) is 3.23. The quantitative estimate of drug-likeness (QED) is 0.486. The Labute approximate surface area is 181 Å². The number of unbranched alkanes of at least 4 members (excludes halogenated alkanes) is 1. The van der Waals surface area contributed by atoms with E-state index in [4.69, 9.17) is 0 Å². The van der Waals surface area contributed by atoms with E-state index in [2.05, 4.69) is 29.5 Å². The van der Waals surface area contributed by atoms with E-state index in [-0.39, 0.29) is 18.0 Å². The molecule has 0 saturated carbocycles. The molecule has 0 saturated heterocycles. The van der Waals surface area contributed by atoms with Crippen LogP contribution >= 0.6 is 0 Å². The summed E-state index contributed by atoms with van der Waals surface area (Å²) in [6.07, 6.45) is 3.36. The number of anilines is 1. The lowest BCUT2D eigenvalue weighted by Gasteiger charge is -2.13. The average molecular weight is 415 g/mol. The molecule has 0 aliphatic carbocycles. The van der Waals surface area contributed by atoms with Gasteiger partial charge in [-0.25, -0.2) is 0 Å². The molecule has 0 unspecified atom stereocenters. The first-order valence-electron chi connectivity index (χ1n) is 10.6. The highest BCUT2D eigenvalue weighted by atomic mass is 16.2. The Balaban J connectivity index is 1.58. The number of carbonyl (C=O) groups is 1. The molecule has 1 amide bonds. The molecular weight excluding hydrogens is 388 g/mol. The van der Waals surface area contributed by atoms with Crippen LogP contribution in [-0.2, 0) is 17.8 Å². The first kappa shape index (κ1) is 20.6. The van der Waals surface area contributed by atoms with Gasteiger partial charge in [-0.3, -0.25) is 9.59 Å². The van der Waals surface area contributed by atoms with Crippen LogP contribution < -0.4 is 10.9 Å². The number of aromatic nitrogens is 3. The molecule has 6 heteroatoms. The van der Waals surface area contributed by atoms with Gasteiger partial charge in [0, 0.05) is 29.1 Å². The van der Waals surface area contributed by atoms with Crippen LogP contribution in [0.1, 0.15) is 31.0 Å². The first-order chi connectivity index (χ1) is 15.0. The molecule has 0 aliphatic rings. The van der Waals surface area contributed by atoms with Crippen LogP contribution in [0.25, 0.3) is 16.9 Å². The minimum Gasteiger partial charge on any atom is -0.325 e. The lowest BCUT2D eigenvalue weighted by molar-refractivity contribution is -0.116. The number of nitrogens with one attached hydrogen (secondary N) is 1. The number of hydrogen-bond acceptors (Lipinski definition) is 3. The number of carbonyl (C=O) groups excluding carboxylic acids is 1. The smallest absolute Gasteiger partial charge is 0.274 e. The largest absolute Gasteiger partial charge is 0.325 e. The molecule has 0 atom stereocenters. The van der Waals surface area contributed by atoms with E-state index < -0.39 is 0 Å². The fourth-order valence-corrected chi connectivity index (χ4v) is 3.66. The first-order valence-corrected chi connectivity index (χ1v) is 10.6. The number of rotatable bonds is 7. The lowest BCUT2D eigenvalue weighted by atomic mass is 10.1. The maximum atomic E-state index is 12.8. The molecule has 6 nitrogen and oxygen atoms in total. The Morgan fingerprint density at radius 1 is 1.03 bits per heavy atom. The van der Waals surface area contributed by atoms with E-state index in [0.29, 0.717) is 17.0 Å². The van der Waals surface area contributed by atoms with Gasteiger partial charge < -0.3 is 9.88 Å². The fraction of sp³-hybridized carbons (Fsp3) is 0.240. The van der Waals surface area contributed by atoms with Crippen molar-refractivity contribution in [3.8, 4) is 11.3 Å². The molecule has 31 heavy (non-hydrogen) atoms. The summed E-state index contributed by atoms with van der Waals surface area (Å²) in [4.78, 5) is 25.2. The minimum atomic E-state index is -0.214. The van der Waals surface area contributed by atoms with Crippen molar-refractivity contribution in [2.75, 3.05) is 5.32 Å². The molecule has 1 N–H and O–H groups in total. The molecule has 4 aromatic rings. The van der Waals surface area contributed by atoms with E-state index in [1.165, 1.54) is 16.1 Å². The maximum Gasteiger partial charge on any atom is 0.274 e.